The lowest BCUT2D eigenvalue weighted by molar-refractivity contribution is -0.137. The second-order valence-electron chi connectivity index (χ2n) is 6.25. The number of nitrogens with zero attached hydrogens (tertiary/aromatic N) is 3. The van der Waals surface area contributed by atoms with Gasteiger partial charge in [0.2, 0.25) is 0 Å². The summed E-state index contributed by atoms with van der Waals surface area (Å²) in [6.07, 6.45) is -0.738. The quantitative estimate of drug-likeness (QED) is 0.808. The van der Waals surface area contributed by atoms with Crippen molar-refractivity contribution in [3.63, 3.8) is 0 Å². The van der Waals surface area contributed by atoms with E-state index in [0.717, 1.165) is 12.1 Å². The molecule has 0 saturated carbocycles. The van der Waals surface area contributed by atoms with Crippen molar-refractivity contribution in [1.82, 2.24) is 14.8 Å². The first-order valence-corrected chi connectivity index (χ1v) is 8.52. The van der Waals surface area contributed by atoms with Crippen LogP contribution in [0.5, 0.6) is 0 Å². The van der Waals surface area contributed by atoms with Gasteiger partial charge in [-0.1, -0.05) is 0 Å². The lowest BCUT2D eigenvalue weighted by atomic mass is 10.1. The molecule has 0 bridgehead atoms. The molecule has 2 aromatic rings. The molecule has 0 radical (unpaired) electrons. The van der Waals surface area contributed by atoms with Crippen molar-refractivity contribution < 1.29 is 22.8 Å². The number of rotatable bonds is 2. The van der Waals surface area contributed by atoms with Crippen molar-refractivity contribution in [1.29, 1.82) is 0 Å². The summed E-state index contributed by atoms with van der Waals surface area (Å²) in [6.45, 7) is 1.65. The summed E-state index contributed by atoms with van der Waals surface area (Å²) in [5.74, 6) is -0.455. The van der Waals surface area contributed by atoms with Crippen molar-refractivity contribution in [2.45, 2.75) is 12.6 Å². The number of hydrogen-bond donors (Lipinski definition) is 0. The molecule has 2 amide bonds. The highest BCUT2D eigenvalue weighted by Gasteiger charge is 2.30. The fourth-order valence-electron chi connectivity index (χ4n) is 2.99. The van der Waals surface area contributed by atoms with Crippen LogP contribution < -0.4 is 0 Å². The Morgan fingerprint density at radius 1 is 0.778 bits per heavy atom. The Bertz CT molecular complexity index is 807. The minimum absolute atomic E-state index is 0.124. The SMILES string of the molecule is O=C(c1ccncc1)N1CCCN(C(=O)c2ccc(C(F)(F)F)cc2)CC1. The Hall–Kier alpha value is -2.90. The van der Waals surface area contributed by atoms with Crippen molar-refractivity contribution in [2.75, 3.05) is 26.2 Å². The number of aromatic nitrogens is 1. The highest BCUT2D eigenvalue weighted by atomic mass is 19.4. The van der Waals surface area contributed by atoms with Gasteiger partial charge in [0.05, 0.1) is 5.56 Å². The summed E-state index contributed by atoms with van der Waals surface area (Å²) in [5.41, 5.74) is -0.0477. The number of hydrogen-bond acceptors (Lipinski definition) is 3. The Morgan fingerprint density at radius 3 is 1.74 bits per heavy atom. The molecule has 2 heterocycles. The van der Waals surface area contributed by atoms with E-state index in [1.165, 1.54) is 12.1 Å². The molecule has 1 fully saturated rings. The largest absolute Gasteiger partial charge is 0.416 e. The number of halogens is 3. The zero-order valence-electron chi connectivity index (χ0n) is 14.4. The van der Waals surface area contributed by atoms with Crippen molar-refractivity contribution >= 4 is 11.8 Å². The molecule has 0 N–H and O–H groups in total. The fourth-order valence-corrected chi connectivity index (χ4v) is 2.99. The van der Waals surface area contributed by atoms with Crippen LogP contribution in [0.1, 0.15) is 32.7 Å². The van der Waals surface area contributed by atoms with Crippen molar-refractivity contribution in [2.24, 2.45) is 0 Å². The number of carbonyl (C=O) groups excluding carboxylic acids is 2. The molecule has 0 unspecified atom stereocenters. The van der Waals surface area contributed by atoms with E-state index in [0.29, 0.717) is 38.2 Å². The van der Waals surface area contributed by atoms with Gasteiger partial charge < -0.3 is 9.80 Å². The molecular formula is C19H18F3N3O2. The third-order valence-electron chi connectivity index (χ3n) is 4.46. The predicted molar refractivity (Wildman–Crippen MR) is 92.1 cm³/mol. The van der Waals surface area contributed by atoms with Gasteiger partial charge in [-0.2, -0.15) is 13.2 Å². The minimum atomic E-state index is -4.43. The Balaban J connectivity index is 1.65. The van der Waals surface area contributed by atoms with Gasteiger partial charge in [0.1, 0.15) is 0 Å². The average molecular weight is 377 g/mol. The van der Waals surface area contributed by atoms with E-state index in [-0.39, 0.29) is 17.4 Å². The van der Waals surface area contributed by atoms with Crippen molar-refractivity contribution in [3.05, 3.63) is 65.5 Å². The van der Waals surface area contributed by atoms with Gasteiger partial charge in [-0.15, -0.1) is 0 Å². The van der Waals surface area contributed by atoms with Crippen LogP contribution in [0.4, 0.5) is 13.2 Å². The van der Waals surface area contributed by atoms with Gasteiger partial charge in [-0.05, 0) is 42.8 Å². The van der Waals surface area contributed by atoms with Crippen LogP contribution in [0, 0.1) is 0 Å². The number of alkyl halides is 3. The topological polar surface area (TPSA) is 53.5 Å². The molecule has 1 aromatic carbocycles. The van der Waals surface area contributed by atoms with E-state index >= 15 is 0 Å². The minimum Gasteiger partial charge on any atom is -0.337 e. The van der Waals surface area contributed by atoms with Gasteiger partial charge in [0.15, 0.2) is 0 Å². The van der Waals surface area contributed by atoms with Crippen LogP contribution >= 0.6 is 0 Å². The zero-order chi connectivity index (χ0) is 19.4. The lowest BCUT2D eigenvalue weighted by Gasteiger charge is -2.22. The first kappa shape index (κ1) is 18.9. The molecule has 0 atom stereocenters. The second-order valence-corrected chi connectivity index (χ2v) is 6.25. The van der Waals surface area contributed by atoms with Crippen LogP contribution in [0.3, 0.4) is 0 Å². The molecular weight excluding hydrogens is 359 g/mol. The summed E-state index contributed by atoms with van der Waals surface area (Å²) in [7, 11) is 0. The summed E-state index contributed by atoms with van der Waals surface area (Å²) in [4.78, 5) is 32.2. The molecule has 0 spiro atoms. The van der Waals surface area contributed by atoms with E-state index in [1.807, 2.05) is 0 Å². The molecule has 27 heavy (non-hydrogen) atoms. The van der Waals surface area contributed by atoms with Crippen LogP contribution in [0.15, 0.2) is 48.8 Å². The smallest absolute Gasteiger partial charge is 0.337 e. The monoisotopic (exact) mass is 377 g/mol. The molecule has 1 saturated heterocycles. The molecule has 5 nitrogen and oxygen atoms in total. The van der Waals surface area contributed by atoms with E-state index in [1.54, 1.807) is 34.3 Å². The van der Waals surface area contributed by atoms with Crippen LogP contribution in [0.25, 0.3) is 0 Å². The Labute approximate surface area is 154 Å². The summed E-state index contributed by atoms with van der Waals surface area (Å²) in [5, 5.41) is 0. The number of carbonyl (C=O) groups is 2. The third kappa shape index (κ3) is 4.45. The Kier molecular flexibility index (Phi) is 5.43. The summed E-state index contributed by atoms with van der Waals surface area (Å²) >= 11 is 0. The Morgan fingerprint density at radius 2 is 1.26 bits per heavy atom. The number of amides is 2. The second kappa shape index (κ2) is 7.77. The first-order chi connectivity index (χ1) is 12.9. The standard InChI is InChI=1S/C19H18F3N3O2/c20-19(21,22)16-4-2-14(3-5-16)17(26)24-10-1-11-25(13-12-24)18(27)15-6-8-23-9-7-15/h2-9H,1,10-13H2. The molecule has 8 heteroatoms. The average Bonchev–Trinajstić information content (AvgIpc) is 2.93. The number of benzene rings is 1. The summed E-state index contributed by atoms with van der Waals surface area (Å²) < 4.78 is 38.0. The fraction of sp³-hybridized carbons (Fsp3) is 0.316. The third-order valence-corrected chi connectivity index (χ3v) is 4.46. The number of pyridine rings is 1. The maximum atomic E-state index is 12.7. The van der Waals surface area contributed by atoms with Gasteiger partial charge in [-0.3, -0.25) is 14.6 Å². The van der Waals surface area contributed by atoms with Crippen LogP contribution in [-0.2, 0) is 6.18 Å². The maximum Gasteiger partial charge on any atom is 0.416 e. The van der Waals surface area contributed by atoms with E-state index in [9.17, 15) is 22.8 Å². The molecule has 3 rings (SSSR count). The first-order valence-electron chi connectivity index (χ1n) is 8.52. The molecule has 1 aliphatic heterocycles. The normalized spacial score (nSPS) is 15.4. The molecule has 1 aliphatic rings. The van der Waals surface area contributed by atoms with E-state index in [2.05, 4.69) is 4.98 Å². The van der Waals surface area contributed by atoms with Crippen LogP contribution in [0.2, 0.25) is 0 Å². The van der Waals surface area contributed by atoms with E-state index < -0.39 is 11.7 Å². The maximum absolute atomic E-state index is 12.7. The summed E-state index contributed by atoms with van der Waals surface area (Å²) in [6, 6.07) is 7.47. The van der Waals surface area contributed by atoms with E-state index in [4.69, 9.17) is 0 Å². The lowest BCUT2D eigenvalue weighted by Crippen LogP contribution is -2.37. The highest BCUT2D eigenvalue weighted by Crippen LogP contribution is 2.29. The van der Waals surface area contributed by atoms with Gasteiger partial charge in [0, 0.05) is 49.7 Å². The highest BCUT2D eigenvalue weighted by molar-refractivity contribution is 5.95. The van der Waals surface area contributed by atoms with Gasteiger partial charge in [-0.25, -0.2) is 0 Å². The molecule has 1 aromatic heterocycles. The van der Waals surface area contributed by atoms with Gasteiger partial charge in [0.25, 0.3) is 11.8 Å². The zero-order valence-corrected chi connectivity index (χ0v) is 14.4. The predicted octanol–water partition coefficient (Wildman–Crippen LogP) is 3.09. The molecule has 142 valence electrons. The van der Waals surface area contributed by atoms with Crippen LogP contribution in [-0.4, -0.2) is 52.8 Å². The van der Waals surface area contributed by atoms with Gasteiger partial charge >= 0.3 is 6.18 Å². The van der Waals surface area contributed by atoms with Crippen molar-refractivity contribution in [3.8, 4) is 0 Å². The molecule has 0 aliphatic carbocycles.